The molecule has 9 nitrogen and oxygen atoms in total. The highest BCUT2D eigenvalue weighted by atomic mass is 32.2. The fraction of sp³-hybridized carbons (Fsp3) is 0.625. The summed E-state index contributed by atoms with van der Waals surface area (Å²) in [4.78, 5) is 22.0. The normalized spacial score (nSPS) is 19.7. The third kappa shape index (κ3) is 7.51. The molecule has 1 amide bonds. The molecule has 2 aromatic rings. The number of amides is 1. The second-order valence-corrected chi connectivity index (χ2v) is 14.0. The summed E-state index contributed by atoms with van der Waals surface area (Å²) in [6, 6.07) is 7.40. The van der Waals surface area contributed by atoms with E-state index >= 15 is 0 Å². The minimum Gasteiger partial charge on any atom is -0.497 e. The molecule has 42 heavy (non-hydrogen) atoms. The number of rotatable bonds is 12. The number of sulfonamides is 1. The average molecular weight is 601 g/mol. The lowest BCUT2D eigenvalue weighted by atomic mass is 9.70. The molecule has 232 valence electrons. The number of likely N-dealkylation sites (tertiary alicyclic amines) is 1. The van der Waals surface area contributed by atoms with Crippen LogP contribution in [-0.2, 0) is 25.0 Å². The second-order valence-electron chi connectivity index (χ2n) is 12.2. The Morgan fingerprint density at radius 3 is 2.45 bits per heavy atom. The summed E-state index contributed by atoms with van der Waals surface area (Å²) in [5.41, 5.74) is 2.62. The van der Waals surface area contributed by atoms with Gasteiger partial charge in [-0.2, -0.15) is 4.31 Å². The van der Waals surface area contributed by atoms with Crippen LogP contribution in [0.2, 0.25) is 0 Å². The fourth-order valence-corrected chi connectivity index (χ4v) is 8.75. The quantitative estimate of drug-likeness (QED) is 0.361. The Kier molecular flexibility index (Phi) is 11.0. The van der Waals surface area contributed by atoms with Crippen molar-refractivity contribution in [1.82, 2.24) is 19.1 Å². The number of benzene rings is 1. The van der Waals surface area contributed by atoms with Crippen LogP contribution in [0.3, 0.4) is 0 Å². The second kappa shape index (κ2) is 14.3. The maximum atomic E-state index is 13.8. The summed E-state index contributed by atoms with van der Waals surface area (Å²) in [5.74, 6) is 0.611. The monoisotopic (exact) mass is 600 g/mol. The van der Waals surface area contributed by atoms with Crippen LogP contribution in [0.15, 0.2) is 41.6 Å². The summed E-state index contributed by atoms with van der Waals surface area (Å²) < 4.78 is 40.5. The maximum Gasteiger partial charge on any atom is 0.248 e. The molecule has 0 aliphatic carbocycles. The molecule has 0 saturated carbocycles. The van der Waals surface area contributed by atoms with Gasteiger partial charge in [-0.05, 0) is 108 Å². The topological polar surface area (TPSA) is 92.3 Å². The lowest BCUT2D eigenvalue weighted by Crippen LogP contribution is -2.48. The highest BCUT2D eigenvalue weighted by Crippen LogP contribution is 2.39. The number of hydrogen-bond acceptors (Lipinski definition) is 7. The Morgan fingerprint density at radius 2 is 1.83 bits per heavy atom. The van der Waals surface area contributed by atoms with Crippen LogP contribution in [-0.4, -0.2) is 100 Å². The number of carbonyl (C=O) groups is 1. The van der Waals surface area contributed by atoms with Crippen LogP contribution in [0.5, 0.6) is 5.75 Å². The number of piperidine rings is 2. The first-order chi connectivity index (χ1) is 20.1. The van der Waals surface area contributed by atoms with Crippen molar-refractivity contribution in [3.8, 4) is 5.75 Å². The van der Waals surface area contributed by atoms with E-state index in [9.17, 15) is 13.2 Å². The number of pyridine rings is 1. The molecule has 0 bridgehead atoms. The molecule has 1 unspecified atom stereocenters. The number of aryl methyl sites for hydroxylation is 2. The molecule has 1 atom stereocenters. The molecule has 10 heteroatoms. The number of hydrogen-bond donors (Lipinski definition) is 0. The molecule has 0 radical (unpaired) electrons. The summed E-state index contributed by atoms with van der Waals surface area (Å²) in [5, 5.41) is 0. The average Bonchev–Trinajstić information content (AvgIpc) is 2.97. The molecule has 3 heterocycles. The standard InChI is InChI=1S/C32H48N4O5S/c1-25-20-29(40-5)21-26(2)31(25)42(38,39)36-17-7-6-11-28(36)23-41-24-30(37)35-18-13-32(14-19-35,12-9-16-34(3)4)27-10-8-15-33-22-27/h8,10,15,20-22,28H,6-7,9,11-14,16-19,23-24H2,1-5H3. The predicted molar refractivity (Wildman–Crippen MR) is 164 cm³/mol. The van der Waals surface area contributed by atoms with E-state index in [-0.39, 0.29) is 30.6 Å². The van der Waals surface area contributed by atoms with Gasteiger partial charge in [-0.15, -0.1) is 0 Å². The molecule has 2 aliphatic rings. The van der Waals surface area contributed by atoms with Gasteiger partial charge in [0.1, 0.15) is 12.4 Å². The molecule has 0 spiro atoms. The zero-order valence-electron chi connectivity index (χ0n) is 26.0. The van der Waals surface area contributed by atoms with E-state index < -0.39 is 10.0 Å². The van der Waals surface area contributed by atoms with Gasteiger partial charge in [0.05, 0.1) is 18.6 Å². The smallest absolute Gasteiger partial charge is 0.248 e. The summed E-state index contributed by atoms with van der Waals surface area (Å²) >= 11 is 0. The fourth-order valence-electron chi connectivity index (χ4n) is 6.66. The molecule has 2 aliphatic heterocycles. The third-order valence-electron chi connectivity index (χ3n) is 8.95. The van der Waals surface area contributed by atoms with E-state index in [1.165, 1.54) is 5.56 Å². The van der Waals surface area contributed by atoms with Gasteiger partial charge < -0.3 is 19.3 Å². The summed E-state index contributed by atoms with van der Waals surface area (Å²) in [7, 11) is 2.05. The van der Waals surface area contributed by atoms with Gasteiger partial charge in [-0.1, -0.05) is 12.5 Å². The van der Waals surface area contributed by atoms with Crippen molar-refractivity contribution in [1.29, 1.82) is 0 Å². The Labute approximate surface area is 252 Å². The predicted octanol–water partition coefficient (Wildman–Crippen LogP) is 4.17. The Balaban J connectivity index is 1.35. The molecule has 1 aromatic carbocycles. The highest BCUT2D eigenvalue weighted by Gasteiger charge is 2.38. The minimum atomic E-state index is -3.73. The minimum absolute atomic E-state index is 0.0244. The Hall–Kier alpha value is -2.53. The van der Waals surface area contributed by atoms with Crippen LogP contribution < -0.4 is 4.74 Å². The zero-order chi connectivity index (χ0) is 30.3. The van der Waals surface area contributed by atoms with Crippen molar-refractivity contribution < 1.29 is 22.7 Å². The van der Waals surface area contributed by atoms with Gasteiger partial charge in [0.25, 0.3) is 0 Å². The van der Waals surface area contributed by atoms with Gasteiger partial charge in [-0.25, -0.2) is 8.42 Å². The van der Waals surface area contributed by atoms with E-state index in [0.29, 0.717) is 47.8 Å². The maximum absolute atomic E-state index is 13.8. The molecular formula is C32H48N4O5S. The molecule has 0 N–H and O–H groups in total. The molecule has 2 saturated heterocycles. The Morgan fingerprint density at radius 1 is 1.12 bits per heavy atom. The van der Waals surface area contributed by atoms with E-state index in [4.69, 9.17) is 9.47 Å². The highest BCUT2D eigenvalue weighted by molar-refractivity contribution is 7.89. The number of nitrogens with zero attached hydrogens (tertiary/aromatic N) is 4. The van der Waals surface area contributed by atoms with E-state index in [1.807, 2.05) is 23.4 Å². The van der Waals surface area contributed by atoms with Gasteiger partial charge in [0.15, 0.2) is 0 Å². The first kappa shape index (κ1) is 32.4. The van der Waals surface area contributed by atoms with Crippen molar-refractivity contribution in [2.75, 3.05) is 60.6 Å². The number of carbonyl (C=O) groups excluding carboxylic acids is 1. The van der Waals surface area contributed by atoms with E-state index in [2.05, 4.69) is 30.0 Å². The molecule has 4 rings (SSSR count). The van der Waals surface area contributed by atoms with Crippen LogP contribution in [0.25, 0.3) is 0 Å². The van der Waals surface area contributed by atoms with Gasteiger partial charge in [0.2, 0.25) is 15.9 Å². The summed E-state index contributed by atoms with van der Waals surface area (Å²) in [6.45, 7) is 6.62. The van der Waals surface area contributed by atoms with Crippen LogP contribution >= 0.6 is 0 Å². The lowest BCUT2D eigenvalue weighted by molar-refractivity contribution is -0.138. The summed E-state index contributed by atoms with van der Waals surface area (Å²) in [6.07, 6.45) is 10.2. The number of methoxy groups -OCH3 is 1. The number of aromatic nitrogens is 1. The van der Waals surface area contributed by atoms with Crippen molar-refractivity contribution in [3.63, 3.8) is 0 Å². The van der Waals surface area contributed by atoms with Crippen LogP contribution in [0.4, 0.5) is 0 Å². The number of ether oxygens (including phenoxy) is 2. The molecule has 1 aromatic heterocycles. The van der Waals surface area contributed by atoms with Gasteiger partial charge in [-0.3, -0.25) is 9.78 Å². The molecular weight excluding hydrogens is 552 g/mol. The molecule has 2 fully saturated rings. The zero-order valence-corrected chi connectivity index (χ0v) is 26.8. The van der Waals surface area contributed by atoms with Crippen molar-refractivity contribution >= 4 is 15.9 Å². The van der Waals surface area contributed by atoms with E-state index in [1.54, 1.807) is 37.4 Å². The van der Waals surface area contributed by atoms with Crippen molar-refractivity contribution in [2.24, 2.45) is 0 Å². The van der Waals surface area contributed by atoms with Crippen LogP contribution in [0, 0.1) is 13.8 Å². The van der Waals surface area contributed by atoms with Crippen molar-refractivity contribution in [3.05, 3.63) is 53.3 Å². The third-order valence-corrected chi connectivity index (χ3v) is 11.2. The van der Waals surface area contributed by atoms with E-state index in [0.717, 1.165) is 45.1 Å². The first-order valence-electron chi connectivity index (χ1n) is 15.2. The Bertz CT molecular complexity index is 1270. The SMILES string of the molecule is COc1cc(C)c(S(=O)(=O)N2CCCCC2COCC(=O)N2CCC(CCCN(C)C)(c3cccnc3)CC2)c(C)c1. The van der Waals surface area contributed by atoms with Gasteiger partial charge >= 0.3 is 0 Å². The largest absolute Gasteiger partial charge is 0.497 e. The van der Waals surface area contributed by atoms with Crippen LogP contribution in [0.1, 0.15) is 61.6 Å². The van der Waals surface area contributed by atoms with Gasteiger partial charge in [0, 0.05) is 43.5 Å². The lowest BCUT2D eigenvalue weighted by Gasteiger charge is -2.42. The first-order valence-corrected chi connectivity index (χ1v) is 16.6. The van der Waals surface area contributed by atoms with Crippen molar-refractivity contribution in [2.45, 2.75) is 75.1 Å².